The van der Waals surface area contributed by atoms with E-state index < -0.39 is 12.1 Å². The van der Waals surface area contributed by atoms with Gasteiger partial charge < -0.3 is 10.2 Å². The van der Waals surface area contributed by atoms with E-state index in [0.29, 0.717) is 0 Å². The number of rotatable bonds is 1. The summed E-state index contributed by atoms with van der Waals surface area (Å²) in [6, 6.07) is 0. The van der Waals surface area contributed by atoms with E-state index in [2.05, 4.69) is 6.42 Å². The number of hydrogen-bond donors (Lipinski definition) is 2. The van der Waals surface area contributed by atoms with Crippen molar-refractivity contribution < 1.29 is 15.0 Å². The lowest BCUT2D eigenvalue weighted by molar-refractivity contribution is -0.143. The van der Waals surface area contributed by atoms with Crippen LogP contribution in [0.15, 0.2) is 0 Å². The van der Waals surface area contributed by atoms with Gasteiger partial charge in [0.25, 0.3) is 0 Å². The van der Waals surface area contributed by atoms with Crippen LogP contribution >= 0.6 is 0 Å². The van der Waals surface area contributed by atoms with Gasteiger partial charge in [0.15, 0.2) is 0 Å². The molecule has 2 N–H and O–H groups in total. The first-order valence-electron chi connectivity index (χ1n) is 1.55. The molecule has 0 saturated heterocycles. The van der Waals surface area contributed by atoms with E-state index in [1.54, 1.807) is 5.92 Å². The third-order valence-corrected chi connectivity index (χ3v) is 0.392. The van der Waals surface area contributed by atoms with Gasteiger partial charge in [0.05, 0.1) is 0 Å². The van der Waals surface area contributed by atoms with Crippen molar-refractivity contribution in [3.05, 3.63) is 0 Å². The number of aliphatic hydroxyl groups is 1. The molecule has 0 saturated carbocycles. The van der Waals surface area contributed by atoms with Crippen LogP contribution in [0.4, 0.5) is 0 Å². The summed E-state index contributed by atoms with van der Waals surface area (Å²) >= 11 is 0. The molecule has 0 aromatic carbocycles. The smallest absolute Gasteiger partial charge is 0.345 e. The Morgan fingerprint density at radius 2 is 2.29 bits per heavy atom. The molecule has 3 heteroatoms. The van der Waals surface area contributed by atoms with Crippen molar-refractivity contribution in [2.75, 3.05) is 0 Å². The lowest BCUT2D eigenvalue weighted by Gasteiger charge is -1.88. The minimum absolute atomic E-state index is 1.39. The second kappa shape index (κ2) is 2.21. The average Bonchev–Trinajstić information content (AvgIpc) is 1.65. The Morgan fingerprint density at radius 3 is 2.29 bits per heavy atom. The van der Waals surface area contributed by atoms with Crippen LogP contribution < -0.4 is 0 Å². The maximum Gasteiger partial charge on any atom is 0.345 e. The van der Waals surface area contributed by atoms with E-state index in [-0.39, 0.29) is 0 Å². The predicted molar refractivity (Wildman–Crippen MR) is 22.5 cm³/mol. The first kappa shape index (κ1) is 5.99. The highest BCUT2D eigenvalue weighted by Crippen LogP contribution is 1.74. The fourth-order valence-corrected chi connectivity index (χ4v) is 0.0713. The first-order valence-corrected chi connectivity index (χ1v) is 1.55. The van der Waals surface area contributed by atoms with Crippen LogP contribution in [0.25, 0.3) is 0 Å². The third kappa shape index (κ3) is 1.79. The molecule has 7 heavy (non-hydrogen) atoms. The Morgan fingerprint density at radius 1 is 1.86 bits per heavy atom. The molecule has 0 aromatic heterocycles. The van der Waals surface area contributed by atoms with Crippen molar-refractivity contribution in [3.63, 3.8) is 0 Å². The summed E-state index contributed by atoms with van der Waals surface area (Å²) in [5.74, 6) is 0.234. The lowest BCUT2D eigenvalue weighted by Crippen LogP contribution is -2.15. The minimum atomic E-state index is -1.65. The topological polar surface area (TPSA) is 57.5 Å². The molecular weight excluding hydrogens is 96.0 g/mol. The van der Waals surface area contributed by atoms with E-state index in [4.69, 9.17) is 10.2 Å². The highest BCUT2D eigenvalue weighted by molar-refractivity contribution is 5.75. The van der Waals surface area contributed by atoms with Crippen LogP contribution in [-0.4, -0.2) is 22.3 Å². The maximum atomic E-state index is 9.54. The van der Waals surface area contributed by atoms with Gasteiger partial charge in [-0.1, -0.05) is 5.92 Å². The summed E-state index contributed by atoms with van der Waals surface area (Å²) in [5.41, 5.74) is 0. The second-order valence-corrected chi connectivity index (χ2v) is 0.907. The zero-order valence-electron chi connectivity index (χ0n) is 3.46. The Labute approximate surface area is 40.6 Å². The van der Waals surface area contributed by atoms with Crippen molar-refractivity contribution in [1.82, 2.24) is 0 Å². The van der Waals surface area contributed by atoms with Gasteiger partial charge in [0.1, 0.15) is 0 Å². The Bertz CT molecular complexity index is 111. The summed E-state index contributed by atoms with van der Waals surface area (Å²) in [4.78, 5) is 9.54. The lowest BCUT2D eigenvalue weighted by atomic mass is 10.4. The Balaban J connectivity index is 3.63. The van der Waals surface area contributed by atoms with Gasteiger partial charge in [0.2, 0.25) is 6.10 Å². The number of carboxylic acids is 1. The molecular formula is C4H4O3. The molecule has 0 bridgehead atoms. The summed E-state index contributed by atoms with van der Waals surface area (Å²) in [5, 5.41) is 15.9. The predicted octanol–water partition coefficient (Wildman–Crippen LogP) is -0.935. The van der Waals surface area contributed by atoms with Crippen molar-refractivity contribution in [3.8, 4) is 12.3 Å². The van der Waals surface area contributed by atoms with Gasteiger partial charge in [-0.2, -0.15) is 0 Å². The minimum Gasteiger partial charge on any atom is -0.479 e. The molecule has 0 spiro atoms. The number of aliphatic carboxylic acids is 1. The standard InChI is InChI=1S/C4H4O3/c1-2-3(5)4(6)7/h1,3,5H,(H,6,7). The fourth-order valence-electron chi connectivity index (χ4n) is 0.0713. The zero-order valence-corrected chi connectivity index (χ0v) is 3.46. The van der Waals surface area contributed by atoms with Gasteiger partial charge in [-0.3, -0.25) is 0 Å². The third-order valence-electron chi connectivity index (χ3n) is 0.392. The summed E-state index contributed by atoms with van der Waals surface area (Å²) in [6.07, 6.45) is 2.84. The quantitative estimate of drug-likeness (QED) is 0.418. The van der Waals surface area contributed by atoms with Crippen LogP contribution in [-0.2, 0) is 4.79 Å². The molecule has 0 amide bonds. The average molecular weight is 100 g/mol. The number of hydrogen-bond acceptors (Lipinski definition) is 2. The molecule has 0 heterocycles. The van der Waals surface area contributed by atoms with Crippen LogP contribution in [0.3, 0.4) is 0 Å². The van der Waals surface area contributed by atoms with Crippen LogP contribution in [0, 0.1) is 12.3 Å². The molecule has 0 radical (unpaired) electrons. The highest BCUT2D eigenvalue weighted by atomic mass is 16.4. The van der Waals surface area contributed by atoms with Crippen molar-refractivity contribution >= 4 is 5.97 Å². The van der Waals surface area contributed by atoms with Gasteiger partial charge in [-0.25, -0.2) is 4.79 Å². The molecule has 1 unspecified atom stereocenters. The van der Waals surface area contributed by atoms with Crippen LogP contribution in [0.5, 0.6) is 0 Å². The second-order valence-electron chi connectivity index (χ2n) is 0.907. The first-order chi connectivity index (χ1) is 3.18. The maximum absolute atomic E-state index is 9.54. The summed E-state index contributed by atoms with van der Waals surface area (Å²) in [7, 11) is 0. The normalized spacial score (nSPS) is 12.0. The SMILES string of the molecule is C#CC(O)C(=O)O. The number of aliphatic hydroxyl groups excluding tert-OH is 1. The van der Waals surface area contributed by atoms with Crippen molar-refractivity contribution in [2.45, 2.75) is 6.10 Å². The van der Waals surface area contributed by atoms with Crippen LogP contribution in [0.1, 0.15) is 0 Å². The molecule has 1 atom stereocenters. The molecule has 0 aliphatic carbocycles. The zero-order chi connectivity index (χ0) is 5.86. The van der Waals surface area contributed by atoms with Crippen molar-refractivity contribution in [2.24, 2.45) is 0 Å². The Hall–Kier alpha value is -1.01. The molecule has 0 aliphatic rings. The monoisotopic (exact) mass is 100 g/mol. The molecule has 38 valence electrons. The molecule has 0 aliphatic heterocycles. The van der Waals surface area contributed by atoms with E-state index in [1.807, 2.05) is 0 Å². The largest absolute Gasteiger partial charge is 0.479 e. The molecule has 3 nitrogen and oxygen atoms in total. The fraction of sp³-hybridized carbons (Fsp3) is 0.250. The van der Waals surface area contributed by atoms with Gasteiger partial charge in [-0.15, -0.1) is 6.42 Å². The molecule has 0 fully saturated rings. The molecule has 0 aromatic rings. The summed E-state index contributed by atoms with van der Waals surface area (Å²) < 4.78 is 0. The number of terminal acetylenes is 1. The van der Waals surface area contributed by atoms with Gasteiger partial charge in [0, 0.05) is 0 Å². The van der Waals surface area contributed by atoms with E-state index >= 15 is 0 Å². The highest BCUT2D eigenvalue weighted by Gasteiger charge is 2.05. The number of carboxylic acid groups (broad SMARTS) is 1. The summed E-state index contributed by atoms with van der Waals surface area (Å²) in [6.45, 7) is 0. The number of carbonyl (C=O) groups is 1. The van der Waals surface area contributed by atoms with E-state index in [9.17, 15) is 4.79 Å². The molecule has 0 rings (SSSR count). The van der Waals surface area contributed by atoms with Crippen LogP contribution in [0.2, 0.25) is 0 Å². The van der Waals surface area contributed by atoms with E-state index in [0.717, 1.165) is 0 Å². The van der Waals surface area contributed by atoms with Gasteiger partial charge >= 0.3 is 5.97 Å². The van der Waals surface area contributed by atoms with E-state index in [1.165, 1.54) is 0 Å². The Kier molecular flexibility index (Phi) is 1.89. The van der Waals surface area contributed by atoms with Crippen molar-refractivity contribution in [1.29, 1.82) is 0 Å². The van der Waals surface area contributed by atoms with Gasteiger partial charge in [-0.05, 0) is 0 Å².